The van der Waals surface area contributed by atoms with Gasteiger partial charge < -0.3 is 19.9 Å². The van der Waals surface area contributed by atoms with Gasteiger partial charge in [-0.2, -0.15) is 11.8 Å². The van der Waals surface area contributed by atoms with Crippen molar-refractivity contribution in [3.05, 3.63) is 0 Å². The number of aliphatic hydroxyl groups is 1. The third-order valence-electron chi connectivity index (χ3n) is 2.20. The Bertz CT molecular complexity index is 170. The number of thioether (sulfide) groups is 1. The third-order valence-corrected chi connectivity index (χ3v) is 3.17. The Hall–Kier alpha value is 0.190. The molecule has 0 heterocycles. The SMILES string of the molecule is CSC(C)CNCC(O)COCCOC(C)C. The van der Waals surface area contributed by atoms with Crippen LogP contribution in [0.15, 0.2) is 0 Å². The first-order valence-corrected chi connectivity index (χ1v) is 7.46. The van der Waals surface area contributed by atoms with Crippen molar-refractivity contribution in [2.45, 2.75) is 38.2 Å². The maximum Gasteiger partial charge on any atom is 0.0897 e. The molecule has 17 heavy (non-hydrogen) atoms. The number of rotatable bonds is 11. The van der Waals surface area contributed by atoms with Crippen LogP contribution < -0.4 is 5.32 Å². The molecule has 4 nitrogen and oxygen atoms in total. The minimum atomic E-state index is -0.442. The van der Waals surface area contributed by atoms with Gasteiger partial charge >= 0.3 is 0 Å². The molecule has 0 spiro atoms. The minimum absolute atomic E-state index is 0.234. The standard InChI is InChI=1S/C12H27NO3S/c1-10(2)16-6-5-15-9-12(14)8-13-7-11(3)17-4/h10-14H,5-9H2,1-4H3. The number of hydrogen-bond acceptors (Lipinski definition) is 5. The summed E-state index contributed by atoms with van der Waals surface area (Å²) in [5.41, 5.74) is 0. The van der Waals surface area contributed by atoms with Crippen LogP contribution in [0.2, 0.25) is 0 Å². The quantitative estimate of drug-likeness (QED) is 0.549. The Balaban J connectivity index is 3.26. The lowest BCUT2D eigenvalue weighted by atomic mass is 10.3. The molecule has 0 aliphatic carbocycles. The van der Waals surface area contributed by atoms with E-state index in [1.54, 1.807) is 0 Å². The number of aliphatic hydroxyl groups excluding tert-OH is 1. The fraction of sp³-hybridized carbons (Fsp3) is 1.00. The normalized spacial score (nSPS) is 15.2. The molecule has 2 unspecified atom stereocenters. The van der Waals surface area contributed by atoms with Gasteiger partial charge in [0.2, 0.25) is 0 Å². The van der Waals surface area contributed by atoms with Crippen molar-refractivity contribution in [1.82, 2.24) is 5.32 Å². The average molecular weight is 265 g/mol. The zero-order valence-electron chi connectivity index (χ0n) is 11.4. The van der Waals surface area contributed by atoms with Gasteiger partial charge in [0, 0.05) is 18.3 Å². The molecule has 0 saturated heterocycles. The van der Waals surface area contributed by atoms with Crippen molar-refractivity contribution in [2.24, 2.45) is 0 Å². The molecule has 104 valence electrons. The van der Waals surface area contributed by atoms with Crippen molar-refractivity contribution in [3.8, 4) is 0 Å². The lowest BCUT2D eigenvalue weighted by Crippen LogP contribution is -2.34. The van der Waals surface area contributed by atoms with Gasteiger partial charge in [-0.25, -0.2) is 0 Å². The largest absolute Gasteiger partial charge is 0.389 e. The lowest BCUT2D eigenvalue weighted by molar-refractivity contribution is -0.00988. The number of ether oxygens (including phenoxy) is 2. The second-order valence-electron chi connectivity index (χ2n) is 4.35. The zero-order valence-corrected chi connectivity index (χ0v) is 12.3. The fourth-order valence-corrected chi connectivity index (χ4v) is 1.44. The van der Waals surface area contributed by atoms with Gasteiger partial charge in [-0.1, -0.05) is 6.92 Å². The van der Waals surface area contributed by atoms with Crippen molar-refractivity contribution in [1.29, 1.82) is 0 Å². The van der Waals surface area contributed by atoms with Crippen molar-refractivity contribution < 1.29 is 14.6 Å². The summed E-state index contributed by atoms with van der Waals surface area (Å²) in [6.07, 6.45) is 1.88. The van der Waals surface area contributed by atoms with Gasteiger partial charge in [0.25, 0.3) is 0 Å². The fourth-order valence-electron chi connectivity index (χ4n) is 1.16. The molecule has 0 fully saturated rings. The molecule has 0 aliphatic heterocycles. The molecule has 0 aromatic heterocycles. The van der Waals surface area contributed by atoms with Gasteiger partial charge in [-0.15, -0.1) is 0 Å². The van der Waals surface area contributed by atoms with Crippen LogP contribution in [-0.4, -0.2) is 61.7 Å². The number of nitrogens with one attached hydrogen (secondary N) is 1. The summed E-state index contributed by atoms with van der Waals surface area (Å²) < 4.78 is 10.6. The first-order valence-electron chi connectivity index (χ1n) is 6.17. The molecule has 0 aromatic carbocycles. The van der Waals surface area contributed by atoms with E-state index in [0.717, 1.165) is 6.54 Å². The maximum atomic E-state index is 9.61. The van der Waals surface area contributed by atoms with E-state index in [2.05, 4.69) is 18.5 Å². The first kappa shape index (κ1) is 17.2. The van der Waals surface area contributed by atoms with E-state index < -0.39 is 6.10 Å². The molecule has 0 saturated carbocycles. The summed E-state index contributed by atoms with van der Waals surface area (Å²) >= 11 is 1.81. The monoisotopic (exact) mass is 265 g/mol. The smallest absolute Gasteiger partial charge is 0.0897 e. The first-order chi connectivity index (χ1) is 8.06. The van der Waals surface area contributed by atoms with Crippen LogP contribution in [0.1, 0.15) is 20.8 Å². The molecule has 0 rings (SSSR count). The average Bonchev–Trinajstić information content (AvgIpc) is 2.27. The Kier molecular flexibility index (Phi) is 11.4. The van der Waals surface area contributed by atoms with E-state index in [-0.39, 0.29) is 6.10 Å². The number of hydrogen-bond donors (Lipinski definition) is 2. The highest BCUT2D eigenvalue weighted by Gasteiger charge is 2.05. The van der Waals surface area contributed by atoms with Crippen molar-refractivity contribution in [3.63, 3.8) is 0 Å². The van der Waals surface area contributed by atoms with Crippen LogP contribution in [0.5, 0.6) is 0 Å². The minimum Gasteiger partial charge on any atom is -0.389 e. The molecule has 2 atom stereocenters. The molecule has 0 aromatic rings. The zero-order chi connectivity index (χ0) is 13.1. The van der Waals surface area contributed by atoms with Crippen LogP contribution in [0.25, 0.3) is 0 Å². The Labute approximate surface area is 109 Å². The van der Waals surface area contributed by atoms with Crippen LogP contribution in [-0.2, 0) is 9.47 Å². The predicted molar refractivity (Wildman–Crippen MR) is 73.8 cm³/mol. The molecule has 0 bridgehead atoms. The highest BCUT2D eigenvalue weighted by Crippen LogP contribution is 2.02. The van der Waals surface area contributed by atoms with E-state index in [1.165, 1.54) is 0 Å². The van der Waals surface area contributed by atoms with Crippen LogP contribution in [0, 0.1) is 0 Å². The van der Waals surface area contributed by atoms with Gasteiger partial charge in [-0.3, -0.25) is 0 Å². The molecule has 0 radical (unpaired) electrons. The van der Waals surface area contributed by atoms with Gasteiger partial charge in [0.1, 0.15) is 0 Å². The molecule has 0 aliphatic rings. The lowest BCUT2D eigenvalue weighted by Gasteiger charge is -2.14. The van der Waals surface area contributed by atoms with E-state index in [4.69, 9.17) is 9.47 Å². The molecule has 2 N–H and O–H groups in total. The highest BCUT2D eigenvalue weighted by molar-refractivity contribution is 7.99. The third kappa shape index (κ3) is 12.4. The summed E-state index contributed by atoms with van der Waals surface area (Å²) in [4.78, 5) is 0. The Morgan fingerprint density at radius 1 is 1.18 bits per heavy atom. The second kappa shape index (κ2) is 11.3. The van der Waals surface area contributed by atoms with Crippen LogP contribution in [0.4, 0.5) is 0 Å². The van der Waals surface area contributed by atoms with Crippen LogP contribution >= 0.6 is 11.8 Å². The summed E-state index contributed by atoms with van der Waals surface area (Å²) in [6, 6.07) is 0. The van der Waals surface area contributed by atoms with Gasteiger partial charge in [-0.05, 0) is 20.1 Å². The van der Waals surface area contributed by atoms with Crippen molar-refractivity contribution >= 4 is 11.8 Å². The van der Waals surface area contributed by atoms with Gasteiger partial charge in [0.15, 0.2) is 0 Å². The predicted octanol–water partition coefficient (Wildman–Crippen LogP) is 1.13. The molecular weight excluding hydrogens is 238 g/mol. The topological polar surface area (TPSA) is 50.7 Å². The molecule has 5 heteroatoms. The molecular formula is C12H27NO3S. The van der Waals surface area contributed by atoms with E-state index in [0.29, 0.717) is 31.6 Å². The molecule has 0 amide bonds. The van der Waals surface area contributed by atoms with Crippen molar-refractivity contribution in [2.75, 3.05) is 39.2 Å². The second-order valence-corrected chi connectivity index (χ2v) is 5.63. The summed E-state index contributed by atoms with van der Waals surface area (Å²) in [5.74, 6) is 0. The van der Waals surface area contributed by atoms with Gasteiger partial charge in [0.05, 0.1) is 32.0 Å². The summed E-state index contributed by atoms with van der Waals surface area (Å²) in [5, 5.41) is 13.4. The Morgan fingerprint density at radius 3 is 2.47 bits per heavy atom. The highest BCUT2D eigenvalue weighted by atomic mass is 32.2. The van der Waals surface area contributed by atoms with Crippen LogP contribution in [0.3, 0.4) is 0 Å². The van der Waals surface area contributed by atoms with E-state index in [1.807, 2.05) is 25.6 Å². The van der Waals surface area contributed by atoms with E-state index in [9.17, 15) is 5.11 Å². The maximum absolute atomic E-state index is 9.61. The summed E-state index contributed by atoms with van der Waals surface area (Å²) in [6.45, 7) is 9.12. The Morgan fingerprint density at radius 2 is 1.88 bits per heavy atom. The summed E-state index contributed by atoms with van der Waals surface area (Å²) in [7, 11) is 0. The van der Waals surface area contributed by atoms with E-state index >= 15 is 0 Å².